The standard InChI is InChI=1S/C32H27N7O3S/c1-22-6-5-9-25(18-22)21-43-32-37-36-30(38(32)27-14-16-28(17-15-27)39(41)42)29(19-23-7-3-2-4-8-23)35-31(40)34-26-12-10-24(20-33)11-13-26/h2-18,29H,19,21H2,1H3,(H2,34,35,40). The lowest BCUT2D eigenvalue weighted by Gasteiger charge is -2.20. The second-order valence-corrected chi connectivity index (χ2v) is 10.7. The van der Waals surface area contributed by atoms with Gasteiger partial charge in [-0.3, -0.25) is 14.7 Å². The first kappa shape index (κ1) is 29.0. The fourth-order valence-electron chi connectivity index (χ4n) is 4.53. The molecule has 43 heavy (non-hydrogen) atoms. The van der Waals surface area contributed by atoms with E-state index in [-0.39, 0.29) is 5.69 Å². The fraction of sp³-hybridized carbons (Fsp3) is 0.125. The summed E-state index contributed by atoms with van der Waals surface area (Å²) in [5.74, 6) is 1.10. The quantitative estimate of drug-likeness (QED) is 0.104. The molecule has 2 amide bonds. The molecule has 2 N–H and O–H groups in total. The molecule has 0 bridgehead atoms. The molecule has 0 radical (unpaired) electrons. The van der Waals surface area contributed by atoms with Crippen LogP contribution in [0.3, 0.4) is 0 Å². The molecule has 1 aromatic heterocycles. The predicted molar refractivity (Wildman–Crippen MR) is 165 cm³/mol. The Bertz CT molecular complexity index is 1770. The minimum Gasteiger partial charge on any atom is -0.327 e. The number of urea groups is 1. The Morgan fingerprint density at radius 2 is 1.70 bits per heavy atom. The summed E-state index contributed by atoms with van der Waals surface area (Å²) in [6, 6.07) is 31.6. The molecule has 5 rings (SSSR count). The summed E-state index contributed by atoms with van der Waals surface area (Å²) in [6.45, 7) is 2.04. The van der Waals surface area contributed by atoms with E-state index in [1.54, 1.807) is 36.4 Å². The van der Waals surface area contributed by atoms with Crippen molar-refractivity contribution in [1.29, 1.82) is 5.26 Å². The van der Waals surface area contributed by atoms with Crippen LogP contribution in [-0.2, 0) is 12.2 Å². The topological polar surface area (TPSA) is 139 Å². The van der Waals surface area contributed by atoms with E-state index in [0.717, 1.165) is 16.7 Å². The van der Waals surface area contributed by atoms with Crippen molar-refractivity contribution >= 4 is 29.2 Å². The number of anilines is 1. The van der Waals surface area contributed by atoms with Gasteiger partial charge in [-0.2, -0.15) is 5.26 Å². The molecule has 0 saturated carbocycles. The molecule has 4 aromatic carbocycles. The van der Waals surface area contributed by atoms with Crippen LogP contribution >= 0.6 is 11.8 Å². The Kier molecular flexibility index (Phi) is 9.09. The molecule has 1 unspecified atom stereocenters. The maximum Gasteiger partial charge on any atom is 0.319 e. The third-order valence-electron chi connectivity index (χ3n) is 6.60. The Hall–Kier alpha value is -5.47. The lowest BCUT2D eigenvalue weighted by Crippen LogP contribution is -2.35. The van der Waals surface area contributed by atoms with Crippen LogP contribution in [0.5, 0.6) is 0 Å². The Morgan fingerprint density at radius 1 is 0.977 bits per heavy atom. The Morgan fingerprint density at radius 3 is 2.37 bits per heavy atom. The zero-order valence-electron chi connectivity index (χ0n) is 23.2. The average Bonchev–Trinajstić information content (AvgIpc) is 3.44. The van der Waals surface area contributed by atoms with E-state index < -0.39 is 17.0 Å². The minimum atomic E-state index is -0.614. The van der Waals surface area contributed by atoms with Crippen molar-refractivity contribution < 1.29 is 9.72 Å². The number of carbonyl (C=O) groups excluding carboxylic acids is 1. The third kappa shape index (κ3) is 7.44. The number of hydrogen-bond acceptors (Lipinski definition) is 7. The number of rotatable bonds is 10. The van der Waals surface area contributed by atoms with Crippen LogP contribution in [0.15, 0.2) is 108 Å². The van der Waals surface area contributed by atoms with Gasteiger partial charge < -0.3 is 10.6 Å². The highest BCUT2D eigenvalue weighted by molar-refractivity contribution is 7.98. The molecule has 1 atom stereocenters. The molecule has 0 aliphatic rings. The summed E-state index contributed by atoms with van der Waals surface area (Å²) in [5.41, 5.74) is 4.85. The van der Waals surface area contributed by atoms with Gasteiger partial charge in [0.25, 0.3) is 5.69 Å². The number of nitro groups is 1. The van der Waals surface area contributed by atoms with Crippen LogP contribution in [-0.4, -0.2) is 25.7 Å². The summed E-state index contributed by atoms with van der Waals surface area (Å²) in [4.78, 5) is 24.1. The molecule has 0 aliphatic heterocycles. The van der Waals surface area contributed by atoms with Crippen LogP contribution in [0.25, 0.3) is 5.69 Å². The number of benzene rings is 4. The first-order valence-electron chi connectivity index (χ1n) is 13.4. The molecule has 0 saturated heterocycles. The van der Waals surface area contributed by atoms with E-state index in [1.165, 1.54) is 23.9 Å². The third-order valence-corrected chi connectivity index (χ3v) is 7.60. The van der Waals surface area contributed by atoms with E-state index >= 15 is 0 Å². The van der Waals surface area contributed by atoms with Gasteiger partial charge in [0.1, 0.15) is 0 Å². The number of aromatic nitrogens is 3. The van der Waals surface area contributed by atoms with Gasteiger partial charge in [0.05, 0.1) is 22.6 Å². The molecule has 0 spiro atoms. The monoisotopic (exact) mass is 589 g/mol. The molecule has 11 heteroatoms. The fourth-order valence-corrected chi connectivity index (χ4v) is 5.43. The van der Waals surface area contributed by atoms with Crippen LogP contribution in [0, 0.1) is 28.4 Å². The lowest BCUT2D eigenvalue weighted by atomic mass is 10.1. The smallest absolute Gasteiger partial charge is 0.319 e. The van der Waals surface area contributed by atoms with Crippen molar-refractivity contribution in [3.63, 3.8) is 0 Å². The molecule has 0 fully saturated rings. The number of nitrogens with one attached hydrogen (secondary N) is 2. The number of hydrogen-bond donors (Lipinski definition) is 2. The van der Waals surface area contributed by atoms with E-state index in [1.807, 2.05) is 60.0 Å². The Balaban J connectivity index is 1.50. The van der Waals surface area contributed by atoms with E-state index in [0.29, 0.717) is 40.1 Å². The number of nitriles is 1. The number of thioether (sulfide) groups is 1. The van der Waals surface area contributed by atoms with Gasteiger partial charge in [0.15, 0.2) is 11.0 Å². The van der Waals surface area contributed by atoms with Crippen LogP contribution in [0.1, 0.15) is 34.1 Å². The number of nitro benzene ring substituents is 1. The Labute approximate surface area is 252 Å². The zero-order valence-corrected chi connectivity index (χ0v) is 24.0. The summed E-state index contributed by atoms with van der Waals surface area (Å²) < 4.78 is 1.83. The number of non-ortho nitro benzene ring substituents is 1. The van der Waals surface area contributed by atoms with Gasteiger partial charge in [0.2, 0.25) is 0 Å². The zero-order chi connectivity index (χ0) is 30.2. The van der Waals surface area contributed by atoms with Gasteiger partial charge in [-0.15, -0.1) is 10.2 Å². The summed E-state index contributed by atoms with van der Waals surface area (Å²) in [6.07, 6.45) is 0.412. The number of carbonyl (C=O) groups is 1. The summed E-state index contributed by atoms with van der Waals surface area (Å²) in [5, 5.41) is 35.9. The van der Waals surface area contributed by atoms with Crippen molar-refractivity contribution in [2.75, 3.05) is 5.32 Å². The van der Waals surface area contributed by atoms with E-state index in [2.05, 4.69) is 33.0 Å². The maximum absolute atomic E-state index is 13.2. The SMILES string of the molecule is Cc1cccc(CSc2nnc(C(Cc3ccccc3)NC(=O)Nc3ccc(C#N)cc3)n2-c2ccc([N+](=O)[O-])cc2)c1. The molecule has 10 nitrogen and oxygen atoms in total. The summed E-state index contributed by atoms with van der Waals surface area (Å²) in [7, 11) is 0. The van der Waals surface area contributed by atoms with Crippen molar-refractivity contribution in [2.24, 2.45) is 0 Å². The maximum atomic E-state index is 13.2. The largest absolute Gasteiger partial charge is 0.327 e. The molecule has 0 aliphatic carbocycles. The number of nitrogens with zero attached hydrogens (tertiary/aromatic N) is 5. The average molecular weight is 590 g/mol. The van der Waals surface area contributed by atoms with Gasteiger partial charge in [-0.05, 0) is 54.4 Å². The first-order valence-corrected chi connectivity index (χ1v) is 14.4. The second-order valence-electron chi connectivity index (χ2n) is 9.76. The second kappa shape index (κ2) is 13.5. The van der Waals surface area contributed by atoms with E-state index in [4.69, 9.17) is 5.26 Å². The van der Waals surface area contributed by atoms with Crippen LogP contribution < -0.4 is 10.6 Å². The highest BCUT2D eigenvalue weighted by Crippen LogP contribution is 2.30. The molecule has 5 aromatic rings. The van der Waals surface area contributed by atoms with Gasteiger partial charge in [-0.25, -0.2) is 4.79 Å². The first-order chi connectivity index (χ1) is 20.9. The lowest BCUT2D eigenvalue weighted by molar-refractivity contribution is -0.384. The normalized spacial score (nSPS) is 11.3. The van der Waals surface area contributed by atoms with Crippen molar-refractivity contribution in [3.8, 4) is 11.8 Å². The van der Waals surface area contributed by atoms with Crippen molar-refractivity contribution in [1.82, 2.24) is 20.1 Å². The minimum absolute atomic E-state index is 0.0342. The van der Waals surface area contributed by atoms with Crippen molar-refractivity contribution in [3.05, 3.63) is 141 Å². The van der Waals surface area contributed by atoms with Gasteiger partial charge >= 0.3 is 6.03 Å². The molecule has 214 valence electrons. The van der Waals surface area contributed by atoms with Gasteiger partial charge in [0, 0.05) is 35.7 Å². The molecule has 1 heterocycles. The highest BCUT2D eigenvalue weighted by atomic mass is 32.2. The number of aryl methyl sites for hydroxylation is 1. The van der Waals surface area contributed by atoms with Gasteiger partial charge in [-0.1, -0.05) is 71.9 Å². The molecular formula is C32H27N7O3S. The summed E-state index contributed by atoms with van der Waals surface area (Å²) >= 11 is 1.48. The number of amides is 2. The predicted octanol–water partition coefficient (Wildman–Crippen LogP) is 6.75. The van der Waals surface area contributed by atoms with Crippen LogP contribution in [0.2, 0.25) is 0 Å². The van der Waals surface area contributed by atoms with Crippen LogP contribution in [0.4, 0.5) is 16.2 Å². The van der Waals surface area contributed by atoms with Crippen molar-refractivity contribution in [2.45, 2.75) is 30.3 Å². The highest BCUT2D eigenvalue weighted by Gasteiger charge is 2.25. The molecular weight excluding hydrogens is 562 g/mol. The van der Waals surface area contributed by atoms with E-state index in [9.17, 15) is 14.9 Å².